The van der Waals surface area contributed by atoms with Gasteiger partial charge in [-0.05, 0) is 6.92 Å². The summed E-state index contributed by atoms with van der Waals surface area (Å²) >= 11 is 0. The number of hydrogen-bond donors (Lipinski definition) is 3. The third-order valence-electron chi connectivity index (χ3n) is 1.56. The number of methoxy groups -OCH3 is 1. The molecule has 0 heterocycles. The summed E-state index contributed by atoms with van der Waals surface area (Å²) in [5, 5.41) is 2.97. The molecule has 5 N–H and O–H groups in total. The van der Waals surface area contributed by atoms with Gasteiger partial charge in [0, 0.05) is 20.2 Å². The van der Waals surface area contributed by atoms with Gasteiger partial charge in [-0.2, -0.15) is 0 Å². The highest BCUT2D eigenvalue weighted by Gasteiger charge is 2.08. The summed E-state index contributed by atoms with van der Waals surface area (Å²) in [6, 6.07) is -0.617. The van der Waals surface area contributed by atoms with E-state index in [0.29, 0.717) is 13.1 Å². The van der Waals surface area contributed by atoms with Crippen LogP contribution < -0.4 is 16.8 Å². The highest BCUT2D eigenvalue weighted by atomic mass is 16.5. The summed E-state index contributed by atoms with van der Waals surface area (Å²) in [4.78, 5) is 10.5. The lowest BCUT2D eigenvalue weighted by molar-refractivity contribution is -0.119. The third-order valence-corrected chi connectivity index (χ3v) is 1.56. The Kier molecular flexibility index (Phi) is 5.61. The minimum Gasteiger partial charge on any atom is -0.380 e. The molecule has 0 radical (unpaired) electrons. The zero-order chi connectivity index (χ0) is 9.56. The number of primary amides is 1. The molecule has 0 rings (SSSR count). The molecule has 72 valence electrons. The summed E-state index contributed by atoms with van der Waals surface area (Å²) in [6.07, 6.45) is 0.116. The van der Waals surface area contributed by atoms with Gasteiger partial charge in [-0.3, -0.25) is 4.79 Å². The minimum atomic E-state index is -0.617. The minimum absolute atomic E-state index is 0.116. The molecule has 0 aliphatic heterocycles. The number of nitrogens with two attached hydrogens (primary N) is 2. The van der Waals surface area contributed by atoms with Crippen molar-refractivity contribution in [2.45, 2.75) is 19.1 Å². The number of carbonyl (C=O) groups excluding carboxylic acids is 1. The molecular formula is C7H17N3O2. The zero-order valence-corrected chi connectivity index (χ0v) is 7.54. The maximum atomic E-state index is 10.5. The number of rotatable bonds is 6. The van der Waals surface area contributed by atoms with Gasteiger partial charge >= 0.3 is 0 Å². The van der Waals surface area contributed by atoms with Crippen LogP contribution in [0.5, 0.6) is 0 Å². The fourth-order valence-corrected chi connectivity index (χ4v) is 0.626. The number of amides is 1. The van der Waals surface area contributed by atoms with Crippen molar-refractivity contribution in [2.75, 3.05) is 20.2 Å². The van der Waals surface area contributed by atoms with E-state index in [4.69, 9.17) is 16.2 Å². The predicted octanol–water partition coefficient (Wildman–Crippen LogP) is -1.58. The molecule has 0 aromatic carbocycles. The highest BCUT2D eigenvalue weighted by molar-refractivity contribution is 5.79. The Bertz CT molecular complexity index is 141. The van der Waals surface area contributed by atoms with Crippen LogP contribution in [0, 0.1) is 0 Å². The van der Waals surface area contributed by atoms with Crippen LogP contribution in [0.3, 0.4) is 0 Å². The third kappa shape index (κ3) is 5.06. The quantitative estimate of drug-likeness (QED) is 0.454. The number of nitrogens with one attached hydrogen (secondary N) is 1. The van der Waals surface area contributed by atoms with E-state index in [-0.39, 0.29) is 6.10 Å². The monoisotopic (exact) mass is 175 g/mol. The fourth-order valence-electron chi connectivity index (χ4n) is 0.626. The Morgan fingerprint density at radius 2 is 2.17 bits per heavy atom. The molecule has 0 aromatic rings. The van der Waals surface area contributed by atoms with E-state index in [1.54, 1.807) is 7.11 Å². The number of hydrogen-bond acceptors (Lipinski definition) is 4. The topological polar surface area (TPSA) is 90.4 Å². The average Bonchev–Trinajstić information content (AvgIpc) is 2.03. The SMILES string of the molecule is COC(C)CNCC(N)C(N)=O. The van der Waals surface area contributed by atoms with Gasteiger partial charge in [0.25, 0.3) is 0 Å². The van der Waals surface area contributed by atoms with Crippen molar-refractivity contribution in [1.29, 1.82) is 0 Å². The first-order chi connectivity index (χ1) is 5.57. The molecular weight excluding hydrogens is 158 g/mol. The van der Waals surface area contributed by atoms with E-state index in [9.17, 15) is 4.79 Å². The van der Waals surface area contributed by atoms with Crippen molar-refractivity contribution in [1.82, 2.24) is 5.32 Å². The van der Waals surface area contributed by atoms with Crippen LogP contribution in [0.1, 0.15) is 6.92 Å². The molecule has 0 bridgehead atoms. The molecule has 5 nitrogen and oxygen atoms in total. The van der Waals surface area contributed by atoms with Gasteiger partial charge in [-0.15, -0.1) is 0 Å². The van der Waals surface area contributed by atoms with Gasteiger partial charge in [-0.1, -0.05) is 0 Å². The van der Waals surface area contributed by atoms with Crippen molar-refractivity contribution >= 4 is 5.91 Å². The van der Waals surface area contributed by atoms with E-state index < -0.39 is 11.9 Å². The average molecular weight is 175 g/mol. The van der Waals surface area contributed by atoms with Gasteiger partial charge in [0.15, 0.2) is 0 Å². The van der Waals surface area contributed by atoms with E-state index >= 15 is 0 Å². The second-order valence-corrected chi connectivity index (χ2v) is 2.71. The van der Waals surface area contributed by atoms with Crippen molar-refractivity contribution in [3.05, 3.63) is 0 Å². The van der Waals surface area contributed by atoms with Crippen LogP contribution in [0.4, 0.5) is 0 Å². The second kappa shape index (κ2) is 5.93. The summed E-state index contributed by atoms with van der Waals surface area (Å²) in [7, 11) is 1.63. The summed E-state index contributed by atoms with van der Waals surface area (Å²) in [6.45, 7) is 2.98. The van der Waals surface area contributed by atoms with Crippen LogP contribution >= 0.6 is 0 Å². The Balaban J connectivity index is 3.37. The Morgan fingerprint density at radius 1 is 1.58 bits per heavy atom. The van der Waals surface area contributed by atoms with E-state index in [1.807, 2.05) is 6.92 Å². The van der Waals surface area contributed by atoms with E-state index in [2.05, 4.69) is 5.32 Å². The lowest BCUT2D eigenvalue weighted by atomic mass is 10.3. The molecule has 2 unspecified atom stereocenters. The maximum absolute atomic E-state index is 10.5. The molecule has 1 amide bonds. The van der Waals surface area contributed by atoms with Crippen molar-refractivity contribution in [3.63, 3.8) is 0 Å². The Morgan fingerprint density at radius 3 is 2.58 bits per heavy atom. The molecule has 0 fully saturated rings. The number of carbonyl (C=O) groups is 1. The van der Waals surface area contributed by atoms with Crippen LogP contribution in [0.25, 0.3) is 0 Å². The summed E-state index contributed by atoms with van der Waals surface area (Å²) in [5.41, 5.74) is 10.3. The van der Waals surface area contributed by atoms with Gasteiger partial charge < -0.3 is 21.5 Å². The molecule has 0 aromatic heterocycles. The van der Waals surface area contributed by atoms with Gasteiger partial charge in [0.2, 0.25) is 5.91 Å². The normalized spacial score (nSPS) is 15.6. The Hall–Kier alpha value is -0.650. The number of ether oxygens (including phenoxy) is 1. The first kappa shape index (κ1) is 11.4. The largest absolute Gasteiger partial charge is 0.380 e. The fraction of sp³-hybridized carbons (Fsp3) is 0.857. The predicted molar refractivity (Wildman–Crippen MR) is 46.5 cm³/mol. The summed E-state index contributed by atoms with van der Waals surface area (Å²) < 4.78 is 4.97. The van der Waals surface area contributed by atoms with Crippen molar-refractivity contribution < 1.29 is 9.53 Å². The highest BCUT2D eigenvalue weighted by Crippen LogP contribution is 1.83. The molecule has 0 spiro atoms. The van der Waals surface area contributed by atoms with Crippen LogP contribution in [-0.2, 0) is 9.53 Å². The molecule has 0 aliphatic rings. The van der Waals surface area contributed by atoms with Gasteiger partial charge in [0.1, 0.15) is 0 Å². The van der Waals surface area contributed by atoms with Crippen LogP contribution in [0.15, 0.2) is 0 Å². The summed E-state index contributed by atoms with van der Waals surface area (Å²) in [5.74, 6) is -0.493. The Labute approximate surface area is 72.4 Å². The standard InChI is InChI=1S/C7H17N3O2/c1-5(12-2)3-10-4-6(8)7(9)11/h5-6,10H,3-4,8H2,1-2H3,(H2,9,11). The van der Waals surface area contributed by atoms with E-state index in [1.165, 1.54) is 0 Å². The lowest BCUT2D eigenvalue weighted by Gasteiger charge is -2.12. The lowest BCUT2D eigenvalue weighted by Crippen LogP contribution is -2.45. The van der Waals surface area contributed by atoms with Crippen molar-refractivity contribution in [2.24, 2.45) is 11.5 Å². The van der Waals surface area contributed by atoms with Gasteiger partial charge in [0.05, 0.1) is 12.1 Å². The molecule has 0 aliphatic carbocycles. The molecule has 0 saturated heterocycles. The van der Waals surface area contributed by atoms with Crippen molar-refractivity contribution in [3.8, 4) is 0 Å². The first-order valence-electron chi connectivity index (χ1n) is 3.86. The molecule has 12 heavy (non-hydrogen) atoms. The second-order valence-electron chi connectivity index (χ2n) is 2.71. The maximum Gasteiger partial charge on any atom is 0.235 e. The van der Waals surface area contributed by atoms with Crippen LogP contribution in [0.2, 0.25) is 0 Å². The molecule has 0 saturated carbocycles. The van der Waals surface area contributed by atoms with E-state index in [0.717, 1.165) is 0 Å². The molecule has 2 atom stereocenters. The smallest absolute Gasteiger partial charge is 0.235 e. The first-order valence-corrected chi connectivity index (χ1v) is 3.86. The van der Waals surface area contributed by atoms with Gasteiger partial charge in [-0.25, -0.2) is 0 Å². The zero-order valence-electron chi connectivity index (χ0n) is 7.54. The molecule has 5 heteroatoms. The van der Waals surface area contributed by atoms with Crippen LogP contribution in [-0.4, -0.2) is 38.3 Å².